The van der Waals surface area contributed by atoms with Crippen molar-refractivity contribution in [1.29, 1.82) is 5.26 Å². The lowest BCUT2D eigenvalue weighted by Gasteiger charge is -2.35. The van der Waals surface area contributed by atoms with Crippen molar-refractivity contribution in [3.8, 4) is 6.07 Å². The van der Waals surface area contributed by atoms with E-state index in [1.807, 2.05) is 152 Å². The number of carboxylic acid groups (broad SMARTS) is 1. The van der Waals surface area contributed by atoms with Gasteiger partial charge in [0.25, 0.3) is 0 Å². The summed E-state index contributed by atoms with van der Waals surface area (Å²) in [5.41, 5.74) is 6.82. The van der Waals surface area contributed by atoms with Crippen molar-refractivity contribution in [3.63, 3.8) is 0 Å². The van der Waals surface area contributed by atoms with Crippen LogP contribution in [0.4, 0.5) is 0 Å². The molecule has 0 saturated carbocycles. The van der Waals surface area contributed by atoms with Crippen LogP contribution in [0, 0.1) is 46.8 Å². The van der Waals surface area contributed by atoms with E-state index < -0.39 is 34.0 Å². The number of nitrogens with two attached hydrogens (primary N) is 2. The van der Waals surface area contributed by atoms with E-state index in [1.165, 1.54) is 30.4 Å². The van der Waals surface area contributed by atoms with Crippen LogP contribution in [-0.2, 0) is 14.4 Å². The summed E-state index contributed by atoms with van der Waals surface area (Å²) in [5, 5.41) is 94.0. The maximum absolute atomic E-state index is 11.5. The van der Waals surface area contributed by atoms with Crippen LogP contribution < -0.4 is 11.5 Å². The molecule has 6 aliphatic rings. The molecule has 6 fully saturated rings. The molecule has 0 aromatic carbocycles. The molecule has 6 aliphatic heterocycles. The van der Waals surface area contributed by atoms with Crippen molar-refractivity contribution >= 4 is 40.3 Å². The third-order valence-electron chi connectivity index (χ3n) is 18.5. The van der Waals surface area contributed by atoms with Crippen LogP contribution in [0.3, 0.4) is 0 Å². The van der Waals surface area contributed by atoms with Gasteiger partial charge >= 0.3 is 5.97 Å². The second-order valence-corrected chi connectivity index (χ2v) is 30.6. The number of primary amides is 1. The van der Waals surface area contributed by atoms with Crippen molar-refractivity contribution in [2.75, 3.05) is 17.6 Å². The molecule has 0 bridgehead atoms. The van der Waals surface area contributed by atoms with Gasteiger partial charge in [-0.25, -0.2) is 0 Å². The highest BCUT2D eigenvalue weighted by molar-refractivity contribution is 14.1. The van der Waals surface area contributed by atoms with Gasteiger partial charge in [0.1, 0.15) is 5.78 Å². The molecule has 6 rings (SSSR count). The van der Waals surface area contributed by atoms with Crippen molar-refractivity contribution < 1.29 is 55.8 Å². The predicted molar refractivity (Wildman–Crippen MR) is 306 cm³/mol. The normalized spacial score (nSPS) is 32.3. The van der Waals surface area contributed by atoms with Crippen LogP contribution in [0.25, 0.3) is 0 Å². The molecule has 452 valence electrons. The van der Waals surface area contributed by atoms with Gasteiger partial charge in [-0.1, -0.05) is 22.6 Å². The van der Waals surface area contributed by atoms with Gasteiger partial charge in [0, 0.05) is 68.8 Å². The summed E-state index contributed by atoms with van der Waals surface area (Å²) >= 11 is 2.10. The number of rotatable bonds is 7. The second kappa shape index (κ2) is 25.0. The van der Waals surface area contributed by atoms with Crippen LogP contribution >= 0.6 is 22.6 Å². The lowest BCUT2D eigenvalue weighted by Crippen LogP contribution is -2.49. The minimum atomic E-state index is -0.838. The van der Waals surface area contributed by atoms with Gasteiger partial charge in [0.15, 0.2) is 0 Å². The van der Waals surface area contributed by atoms with Gasteiger partial charge in [-0.05, 0) is 223 Å². The quantitative estimate of drug-likeness (QED) is 0.0840. The fraction of sp³-hybridized carbons (Fsp3) is 0.929. The smallest absolute Gasteiger partial charge is 0.308 e. The first kappa shape index (κ1) is 73.3. The van der Waals surface area contributed by atoms with Crippen molar-refractivity contribution in [2.24, 2.45) is 47.0 Å². The molecule has 0 aromatic heterocycles. The number of Topliss-reactive ketones (excluding diaryl/α,β-unsaturated/α-hetero) is 1. The Bertz CT molecular complexity index is 1960. The zero-order chi connectivity index (χ0) is 61.4. The Hall–Kier alpha value is -1.73. The van der Waals surface area contributed by atoms with Crippen molar-refractivity contribution in [1.82, 2.24) is 30.4 Å². The molecule has 21 heteroatoms. The summed E-state index contributed by atoms with van der Waals surface area (Å²) in [4.78, 5) is 33.5. The number of amides is 1. The Labute approximate surface area is 477 Å². The Morgan fingerprint density at radius 2 is 0.766 bits per heavy atom. The van der Waals surface area contributed by atoms with E-state index >= 15 is 0 Å². The molecule has 0 radical (unpaired) electrons. The molecule has 77 heavy (non-hydrogen) atoms. The number of carbonyl (C=O) groups excluding carboxylic acids is 2. The zero-order valence-corrected chi connectivity index (χ0v) is 54.2. The molecule has 1 amide bonds. The van der Waals surface area contributed by atoms with E-state index in [0.717, 1.165) is 25.7 Å². The highest BCUT2D eigenvalue weighted by Crippen LogP contribution is 2.48. The molecule has 20 nitrogen and oxygen atoms in total. The van der Waals surface area contributed by atoms with Gasteiger partial charge in [-0.15, -0.1) is 0 Å². The third-order valence-corrected chi connectivity index (χ3v) is 19.4. The lowest BCUT2D eigenvalue weighted by atomic mass is 9.83. The monoisotopic (exact) mass is 1210 g/mol. The zero-order valence-electron chi connectivity index (χ0n) is 52.0. The Kier molecular flexibility index (Phi) is 23.8. The number of halogens is 1. The van der Waals surface area contributed by atoms with Crippen molar-refractivity contribution in [3.05, 3.63) is 0 Å². The van der Waals surface area contributed by atoms with Crippen molar-refractivity contribution in [2.45, 2.75) is 278 Å². The number of carbonyl (C=O) groups is 3. The number of carboxylic acids is 1. The Morgan fingerprint density at radius 3 is 0.922 bits per heavy atom. The van der Waals surface area contributed by atoms with Crippen LogP contribution in [0.1, 0.15) is 211 Å². The number of aliphatic hydroxyl groups is 1. The highest BCUT2D eigenvalue weighted by atomic mass is 127. The van der Waals surface area contributed by atoms with Gasteiger partial charge < -0.3 is 52.9 Å². The van der Waals surface area contributed by atoms with E-state index in [2.05, 4.69) is 28.7 Å². The summed E-state index contributed by atoms with van der Waals surface area (Å²) in [6.45, 7) is 47.3. The van der Waals surface area contributed by atoms with E-state index in [4.69, 9.17) is 26.9 Å². The number of aliphatic carboxylic acids is 1. The van der Waals surface area contributed by atoms with Crippen LogP contribution in [0.15, 0.2) is 0 Å². The molecular weight excluding hydrogens is 1100 g/mol. The van der Waals surface area contributed by atoms with E-state index in [-0.39, 0.29) is 86.3 Å². The molecule has 6 saturated heterocycles. The maximum Gasteiger partial charge on any atom is 0.308 e. The topological polar surface area (TPSA) is 308 Å². The molecule has 0 aromatic rings. The molecular formula is C56H110IN9O11. The Balaban J connectivity index is 0.000000463. The molecule has 6 unspecified atom stereocenters. The number of hydroxylamine groups is 12. The summed E-state index contributed by atoms with van der Waals surface area (Å²) in [5.74, 6) is -0.976. The highest BCUT2D eigenvalue weighted by Gasteiger charge is 2.57. The third kappa shape index (κ3) is 15.9. The van der Waals surface area contributed by atoms with E-state index in [1.54, 1.807) is 13.8 Å². The average molecular weight is 1210 g/mol. The number of alkyl halides is 1. The summed E-state index contributed by atoms with van der Waals surface area (Å²) in [6.07, 6.45) is 5.07. The predicted octanol–water partition coefficient (Wildman–Crippen LogP) is 8.97. The van der Waals surface area contributed by atoms with E-state index in [9.17, 15) is 45.6 Å². The first-order valence-electron chi connectivity index (χ1n) is 27.3. The van der Waals surface area contributed by atoms with Gasteiger partial charge in [-0.2, -0.15) is 35.6 Å². The Morgan fingerprint density at radius 1 is 0.481 bits per heavy atom. The minimum absolute atomic E-state index is 0.0856. The molecule has 0 aliphatic carbocycles. The maximum atomic E-state index is 11.5. The second-order valence-electron chi connectivity index (χ2n) is 29.8. The summed E-state index contributed by atoms with van der Waals surface area (Å²) < 4.78 is 0.566. The number of nitriles is 1. The van der Waals surface area contributed by atoms with Crippen LogP contribution in [0.5, 0.6) is 0 Å². The fourth-order valence-corrected chi connectivity index (χ4v) is 13.6. The molecule has 12 N–H and O–H groups in total. The van der Waals surface area contributed by atoms with Gasteiger partial charge in [0.05, 0.1) is 44.9 Å². The number of nitrogens with zero attached hydrogens (tertiary/aromatic N) is 7. The number of ketones is 1. The number of aliphatic hydroxyl groups excluding tert-OH is 1. The SMILES string of the molecule is CC1(C)CC(C#N)C(C)(C)N1O.CC1(C)CC(C(=O)O)C(C)(C)N1O.CC1(C)CC(C(N)=O)C(C)(C)N1O.CC1(C)CC(CC(=O)CI)C(C)(C)N1O.CC1(C)CC(CN)C(C)(C)N1O.CC1(C)CC(CO)C(C)(C)N1O. The summed E-state index contributed by atoms with van der Waals surface area (Å²) in [6, 6.07) is 2.24. The van der Waals surface area contributed by atoms with E-state index in [0.29, 0.717) is 36.2 Å². The largest absolute Gasteiger partial charge is 0.481 e. The van der Waals surface area contributed by atoms with Gasteiger partial charge in [0.2, 0.25) is 5.91 Å². The fourth-order valence-electron chi connectivity index (χ4n) is 13.3. The number of hydrogen-bond acceptors (Lipinski definition) is 18. The average Bonchev–Trinajstić information content (AvgIpc) is 3.85. The van der Waals surface area contributed by atoms with Gasteiger partial charge in [-0.3, -0.25) is 14.4 Å². The molecule has 6 atom stereocenters. The standard InChI is InChI=1S/C11H20INO2.C9H18N2O2.C9H20N2O.C9H16N2O.C9H17NO3.C9H19NO2/c1-10(2)6-8(5-9(14)7-12)11(3,4)13(10)15;1-8(2)5-6(7(10)12)9(3,4)11(8)13;2*1-8(2)5-7(6-10)9(3,4)11(8)12;1-8(2)5-6(7(11)12)9(3,4)10(8)13;1-8(2)5-7(6-11)9(3,4)10(8)12/h8,15H,5-7H2,1-4H3;6,13H,5H2,1-4H3,(H2,10,12);7,12H,5-6,10H2,1-4H3;7,12H,5H2,1-4H3;6,13H,5H2,1-4H3,(H,11,12);7,11-12H,5-6H2,1-4H3. The number of hydrogen-bond donors (Lipinski definition) is 10. The summed E-state index contributed by atoms with van der Waals surface area (Å²) in [7, 11) is 0. The first-order chi connectivity index (χ1) is 34.1. The molecule has 6 heterocycles. The minimum Gasteiger partial charge on any atom is -0.481 e. The van der Waals surface area contributed by atoms with Crippen LogP contribution in [0.2, 0.25) is 0 Å². The molecule has 0 spiro atoms. The first-order valence-corrected chi connectivity index (χ1v) is 28.8. The van der Waals surface area contributed by atoms with Crippen LogP contribution in [-0.4, -0.2) is 174 Å². The lowest BCUT2D eigenvalue weighted by molar-refractivity contribution is -0.199.